The zero-order valence-corrected chi connectivity index (χ0v) is 10.8. The molecule has 3 heteroatoms. The van der Waals surface area contributed by atoms with Crippen LogP contribution in [0.15, 0.2) is 0 Å². The molecule has 0 bridgehead atoms. The highest BCUT2D eigenvalue weighted by molar-refractivity contribution is 4.73. The summed E-state index contributed by atoms with van der Waals surface area (Å²) in [4.78, 5) is 0. The fraction of sp³-hybridized carbons (Fsp3) is 1.00. The highest BCUT2D eigenvalue weighted by Gasteiger charge is 2.24. The molecule has 0 aromatic heterocycles. The highest BCUT2D eigenvalue weighted by Crippen LogP contribution is 2.21. The van der Waals surface area contributed by atoms with Crippen molar-refractivity contribution in [3.63, 3.8) is 0 Å². The van der Waals surface area contributed by atoms with Gasteiger partial charge in [-0.2, -0.15) is 0 Å². The first kappa shape index (κ1) is 13.9. The molecule has 96 valence electrons. The maximum Gasteiger partial charge on any atom is 0.0624 e. The van der Waals surface area contributed by atoms with Crippen LogP contribution in [-0.2, 0) is 9.47 Å². The molecule has 3 unspecified atom stereocenters. The predicted molar refractivity (Wildman–Crippen MR) is 64.5 cm³/mol. The summed E-state index contributed by atoms with van der Waals surface area (Å²) in [6.45, 7) is 6.98. The molecule has 1 aliphatic rings. The normalized spacial score (nSPS) is 32.6. The van der Waals surface area contributed by atoms with E-state index in [1.54, 1.807) is 0 Å². The minimum atomic E-state index is -0.156. The van der Waals surface area contributed by atoms with E-state index in [0.29, 0.717) is 18.3 Å². The first-order chi connectivity index (χ1) is 7.61. The summed E-state index contributed by atoms with van der Waals surface area (Å²) in [5.41, 5.74) is 0. The minimum Gasteiger partial charge on any atom is -0.393 e. The summed E-state index contributed by atoms with van der Waals surface area (Å²) in [6.07, 6.45) is 5.46. The van der Waals surface area contributed by atoms with Crippen molar-refractivity contribution in [3.8, 4) is 0 Å². The van der Waals surface area contributed by atoms with Crippen LogP contribution in [0, 0.1) is 0 Å². The van der Waals surface area contributed by atoms with Gasteiger partial charge in [-0.15, -0.1) is 0 Å². The molecule has 0 aromatic carbocycles. The minimum absolute atomic E-state index is 0.156. The molecule has 16 heavy (non-hydrogen) atoms. The molecule has 1 fully saturated rings. The topological polar surface area (TPSA) is 38.7 Å². The number of hydrogen-bond donors (Lipinski definition) is 1. The van der Waals surface area contributed by atoms with E-state index in [4.69, 9.17) is 9.47 Å². The number of rotatable bonds is 6. The van der Waals surface area contributed by atoms with E-state index in [9.17, 15) is 5.11 Å². The van der Waals surface area contributed by atoms with E-state index >= 15 is 0 Å². The van der Waals surface area contributed by atoms with Crippen LogP contribution in [0.25, 0.3) is 0 Å². The molecule has 1 N–H and O–H groups in total. The average Bonchev–Trinajstić information content (AvgIpc) is 2.22. The van der Waals surface area contributed by atoms with E-state index in [1.165, 1.54) is 0 Å². The molecular weight excluding hydrogens is 204 g/mol. The Labute approximate surface area is 99.1 Å². The zero-order chi connectivity index (χ0) is 12.0. The molecule has 0 amide bonds. The van der Waals surface area contributed by atoms with Gasteiger partial charge in [0.15, 0.2) is 0 Å². The Morgan fingerprint density at radius 2 is 1.94 bits per heavy atom. The molecule has 3 atom stereocenters. The summed E-state index contributed by atoms with van der Waals surface area (Å²) < 4.78 is 11.5. The molecule has 1 heterocycles. The Kier molecular flexibility index (Phi) is 6.32. The third-order valence-electron chi connectivity index (χ3n) is 3.16. The van der Waals surface area contributed by atoms with Crippen LogP contribution in [0.3, 0.4) is 0 Å². The average molecular weight is 230 g/mol. The fourth-order valence-electron chi connectivity index (χ4n) is 2.25. The van der Waals surface area contributed by atoms with Crippen LogP contribution in [0.1, 0.15) is 52.9 Å². The van der Waals surface area contributed by atoms with Gasteiger partial charge in [-0.3, -0.25) is 0 Å². The van der Waals surface area contributed by atoms with E-state index < -0.39 is 0 Å². The summed E-state index contributed by atoms with van der Waals surface area (Å²) in [5, 5.41) is 9.40. The molecule has 0 saturated carbocycles. The third-order valence-corrected chi connectivity index (χ3v) is 3.16. The third kappa shape index (κ3) is 5.28. The van der Waals surface area contributed by atoms with Gasteiger partial charge < -0.3 is 14.6 Å². The van der Waals surface area contributed by atoms with E-state index in [-0.39, 0.29) is 6.10 Å². The molecule has 0 radical (unpaired) electrons. The lowest BCUT2D eigenvalue weighted by Crippen LogP contribution is -2.34. The van der Waals surface area contributed by atoms with Gasteiger partial charge in [-0.25, -0.2) is 0 Å². The molecule has 0 aromatic rings. The zero-order valence-electron chi connectivity index (χ0n) is 10.8. The molecule has 0 spiro atoms. The Hall–Kier alpha value is -0.120. The maximum absolute atomic E-state index is 9.40. The van der Waals surface area contributed by atoms with Crippen LogP contribution in [-0.4, -0.2) is 36.1 Å². The predicted octanol–water partition coefficient (Wildman–Crippen LogP) is 2.51. The number of ether oxygens (including phenoxy) is 2. The number of aliphatic hydroxyl groups excluding tert-OH is 1. The SMILES string of the molecule is CCC(O)CCCOC1CC(C)OC(C)C1. The van der Waals surface area contributed by atoms with Crippen LogP contribution in [0.4, 0.5) is 0 Å². The molecule has 3 nitrogen and oxygen atoms in total. The van der Waals surface area contributed by atoms with Crippen LogP contribution in [0.2, 0.25) is 0 Å². The van der Waals surface area contributed by atoms with Crippen LogP contribution in [0.5, 0.6) is 0 Å². The maximum atomic E-state index is 9.40. The second-order valence-electron chi connectivity index (χ2n) is 4.93. The van der Waals surface area contributed by atoms with Crippen molar-refractivity contribution in [2.75, 3.05) is 6.61 Å². The van der Waals surface area contributed by atoms with Gasteiger partial charge >= 0.3 is 0 Å². The van der Waals surface area contributed by atoms with Gasteiger partial charge in [0.1, 0.15) is 0 Å². The molecule has 1 aliphatic heterocycles. The van der Waals surface area contributed by atoms with E-state index in [0.717, 1.165) is 38.7 Å². The van der Waals surface area contributed by atoms with Crippen molar-refractivity contribution < 1.29 is 14.6 Å². The summed E-state index contributed by atoms with van der Waals surface area (Å²) >= 11 is 0. The lowest BCUT2D eigenvalue weighted by molar-refractivity contribution is -0.102. The Bertz CT molecular complexity index is 174. The van der Waals surface area contributed by atoms with Gasteiger partial charge in [0, 0.05) is 6.61 Å². The second kappa shape index (κ2) is 7.25. The number of aliphatic hydroxyl groups is 1. The van der Waals surface area contributed by atoms with Crippen molar-refractivity contribution >= 4 is 0 Å². The largest absolute Gasteiger partial charge is 0.393 e. The summed E-state index contributed by atoms with van der Waals surface area (Å²) in [5.74, 6) is 0. The molecule has 1 saturated heterocycles. The lowest BCUT2D eigenvalue weighted by Gasteiger charge is -2.32. The van der Waals surface area contributed by atoms with Gasteiger partial charge in [0.05, 0.1) is 24.4 Å². The fourth-order valence-corrected chi connectivity index (χ4v) is 2.25. The van der Waals surface area contributed by atoms with Gasteiger partial charge in [-0.1, -0.05) is 6.92 Å². The first-order valence-corrected chi connectivity index (χ1v) is 6.57. The smallest absolute Gasteiger partial charge is 0.0624 e. The van der Waals surface area contributed by atoms with Crippen molar-refractivity contribution in [2.45, 2.75) is 77.3 Å². The van der Waals surface area contributed by atoms with Gasteiger partial charge in [-0.05, 0) is 46.0 Å². The van der Waals surface area contributed by atoms with Crippen LogP contribution < -0.4 is 0 Å². The molecule has 1 rings (SSSR count). The Balaban J connectivity index is 2.08. The van der Waals surface area contributed by atoms with Crippen molar-refractivity contribution in [1.29, 1.82) is 0 Å². The monoisotopic (exact) mass is 230 g/mol. The standard InChI is InChI=1S/C13H26O3/c1-4-12(14)6-5-7-15-13-8-10(2)16-11(3)9-13/h10-14H,4-9H2,1-3H3. The Morgan fingerprint density at radius 1 is 1.31 bits per heavy atom. The Morgan fingerprint density at radius 3 is 2.50 bits per heavy atom. The summed E-state index contributed by atoms with van der Waals surface area (Å²) in [7, 11) is 0. The van der Waals surface area contributed by atoms with E-state index in [1.807, 2.05) is 6.92 Å². The van der Waals surface area contributed by atoms with Crippen molar-refractivity contribution in [2.24, 2.45) is 0 Å². The lowest BCUT2D eigenvalue weighted by atomic mass is 10.0. The van der Waals surface area contributed by atoms with Gasteiger partial charge in [0.2, 0.25) is 0 Å². The van der Waals surface area contributed by atoms with Crippen molar-refractivity contribution in [1.82, 2.24) is 0 Å². The number of hydrogen-bond acceptors (Lipinski definition) is 3. The highest BCUT2D eigenvalue weighted by atomic mass is 16.5. The molecule has 0 aliphatic carbocycles. The van der Waals surface area contributed by atoms with Gasteiger partial charge in [0.25, 0.3) is 0 Å². The van der Waals surface area contributed by atoms with Crippen molar-refractivity contribution in [3.05, 3.63) is 0 Å². The summed E-state index contributed by atoms with van der Waals surface area (Å²) in [6, 6.07) is 0. The van der Waals surface area contributed by atoms with Crippen LogP contribution >= 0.6 is 0 Å². The van der Waals surface area contributed by atoms with E-state index in [2.05, 4.69) is 13.8 Å². The first-order valence-electron chi connectivity index (χ1n) is 6.57. The second-order valence-corrected chi connectivity index (χ2v) is 4.93. The quantitative estimate of drug-likeness (QED) is 0.713. The molecular formula is C13H26O3.